The van der Waals surface area contributed by atoms with Gasteiger partial charge in [0.15, 0.2) is 10.8 Å². The molecule has 3 N–H and O–H groups in total. The number of carbonyl (C=O) groups is 2. The van der Waals surface area contributed by atoms with Gasteiger partial charge in [-0.25, -0.2) is 9.78 Å². The van der Waals surface area contributed by atoms with Gasteiger partial charge in [-0.15, -0.1) is 11.3 Å². The van der Waals surface area contributed by atoms with E-state index >= 15 is 0 Å². The van der Waals surface area contributed by atoms with Crippen LogP contribution >= 0.6 is 11.3 Å². The monoisotopic (exact) mass is 434 g/mol. The van der Waals surface area contributed by atoms with Crippen molar-refractivity contribution in [2.24, 2.45) is 0 Å². The number of anilines is 1. The third-order valence-electron chi connectivity index (χ3n) is 4.64. The van der Waals surface area contributed by atoms with Crippen molar-refractivity contribution in [1.29, 1.82) is 0 Å². The molecule has 7 nitrogen and oxygen atoms in total. The average Bonchev–Trinajstić information content (AvgIpc) is 3.38. The fourth-order valence-corrected chi connectivity index (χ4v) is 4.08. The highest BCUT2D eigenvalue weighted by molar-refractivity contribution is 7.21. The summed E-state index contributed by atoms with van der Waals surface area (Å²) < 4.78 is 6.96. The zero-order valence-corrected chi connectivity index (χ0v) is 18.0. The topological polar surface area (TPSA) is 96.3 Å². The van der Waals surface area contributed by atoms with Crippen molar-refractivity contribution in [2.75, 3.05) is 5.32 Å². The lowest BCUT2D eigenvalue weighted by Crippen LogP contribution is -2.36. The van der Waals surface area contributed by atoms with Gasteiger partial charge in [-0.3, -0.25) is 4.79 Å². The molecule has 2 aromatic carbocycles. The molecule has 2 aromatic heterocycles. The average molecular weight is 435 g/mol. The minimum absolute atomic E-state index is 0.140. The predicted octanol–water partition coefficient (Wildman–Crippen LogP) is 5.08. The molecule has 0 saturated heterocycles. The quantitative estimate of drug-likeness (QED) is 0.394. The fraction of sp³-hybridized carbons (Fsp3) is 0.174. The van der Waals surface area contributed by atoms with Crippen LogP contribution in [0.3, 0.4) is 0 Å². The maximum absolute atomic E-state index is 12.3. The second-order valence-electron chi connectivity index (χ2n) is 7.11. The molecule has 4 aromatic rings. The maximum Gasteiger partial charge on any atom is 0.315 e. The molecule has 0 fully saturated rings. The number of rotatable bonds is 6. The summed E-state index contributed by atoms with van der Waals surface area (Å²) in [5.74, 6) is 1.19. The van der Waals surface area contributed by atoms with Crippen LogP contribution < -0.4 is 16.0 Å². The molecule has 2 heterocycles. The highest BCUT2D eigenvalue weighted by atomic mass is 32.1. The SMILES string of the molecule is CC(=O)Nc1cccc([C@H](C)NC(=O)NCc2ccc(-c3nc4ccccc4s3)o2)c1. The number of urea groups is 1. The van der Waals surface area contributed by atoms with Crippen LogP contribution in [0.1, 0.15) is 31.2 Å². The number of carbonyl (C=O) groups excluding carboxylic acids is 2. The van der Waals surface area contributed by atoms with Crippen LogP contribution in [-0.4, -0.2) is 16.9 Å². The van der Waals surface area contributed by atoms with Crippen LogP contribution in [0, 0.1) is 0 Å². The number of amides is 3. The molecule has 0 spiro atoms. The summed E-state index contributed by atoms with van der Waals surface area (Å²) in [6, 6.07) is 18.5. The van der Waals surface area contributed by atoms with E-state index in [9.17, 15) is 9.59 Å². The molecule has 31 heavy (non-hydrogen) atoms. The number of benzene rings is 2. The second-order valence-corrected chi connectivity index (χ2v) is 8.14. The number of para-hydroxylation sites is 1. The summed E-state index contributed by atoms with van der Waals surface area (Å²) in [7, 11) is 0. The van der Waals surface area contributed by atoms with Gasteiger partial charge in [-0.05, 0) is 48.9 Å². The number of aromatic nitrogens is 1. The van der Waals surface area contributed by atoms with E-state index in [1.54, 1.807) is 17.4 Å². The molecule has 0 radical (unpaired) electrons. The number of nitrogens with one attached hydrogen (secondary N) is 3. The zero-order valence-electron chi connectivity index (χ0n) is 17.1. The van der Waals surface area contributed by atoms with Crippen molar-refractivity contribution in [1.82, 2.24) is 15.6 Å². The molecule has 0 aliphatic heterocycles. The lowest BCUT2D eigenvalue weighted by Gasteiger charge is -2.16. The Hall–Kier alpha value is -3.65. The van der Waals surface area contributed by atoms with Gasteiger partial charge in [0.05, 0.1) is 22.8 Å². The number of hydrogen-bond acceptors (Lipinski definition) is 5. The molecule has 3 amide bonds. The molecule has 0 bridgehead atoms. The minimum Gasteiger partial charge on any atom is -0.457 e. The van der Waals surface area contributed by atoms with Crippen molar-refractivity contribution in [3.63, 3.8) is 0 Å². The van der Waals surface area contributed by atoms with Crippen molar-refractivity contribution < 1.29 is 14.0 Å². The van der Waals surface area contributed by atoms with E-state index in [0.717, 1.165) is 20.8 Å². The van der Waals surface area contributed by atoms with E-state index in [1.165, 1.54) is 6.92 Å². The highest BCUT2D eigenvalue weighted by Gasteiger charge is 2.13. The lowest BCUT2D eigenvalue weighted by atomic mass is 10.1. The van der Waals surface area contributed by atoms with E-state index in [4.69, 9.17) is 4.42 Å². The Bertz CT molecular complexity index is 1200. The molecule has 158 valence electrons. The molecule has 4 rings (SSSR count). The van der Waals surface area contributed by atoms with Gasteiger partial charge in [0, 0.05) is 12.6 Å². The Kier molecular flexibility index (Phi) is 5.99. The first-order valence-corrected chi connectivity index (χ1v) is 10.7. The predicted molar refractivity (Wildman–Crippen MR) is 122 cm³/mol. The van der Waals surface area contributed by atoms with Crippen molar-refractivity contribution in [3.05, 3.63) is 72.0 Å². The van der Waals surface area contributed by atoms with Crippen LogP contribution in [0.5, 0.6) is 0 Å². The number of hydrogen-bond donors (Lipinski definition) is 3. The molecule has 0 aliphatic carbocycles. The van der Waals surface area contributed by atoms with Crippen molar-refractivity contribution in [3.8, 4) is 10.8 Å². The molecular weight excluding hydrogens is 412 g/mol. The fourth-order valence-electron chi connectivity index (χ4n) is 3.15. The number of thiazole rings is 1. The Morgan fingerprint density at radius 1 is 1.10 bits per heavy atom. The lowest BCUT2D eigenvalue weighted by molar-refractivity contribution is -0.114. The van der Waals surface area contributed by atoms with Crippen LogP contribution in [-0.2, 0) is 11.3 Å². The van der Waals surface area contributed by atoms with E-state index in [0.29, 0.717) is 17.2 Å². The van der Waals surface area contributed by atoms with Gasteiger partial charge in [0.25, 0.3) is 0 Å². The molecular formula is C23H22N4O3S. The first kappa shape index (κ1) is 20.6. The summed E-state index contributed by atoms with van der Waals surface area (Å²) in [5, 5.41) is 9.25. The summed E-state index contributed by atoms with van der Waals surface area (Å²) in [6.07, 6.45) is 0. The van der Waals surface area contributed by atoms with Crippen molar-refractivity contribution in [2.45, 2.75) is 26.4 Å². The molecule has 0 saturated carbocycles. The summed E-state index contributed by atoms with van der Waals surface area (Å²) >= 11 is 1.57. The van der Waals surface area contributed by atoms with E-state index < -0.39 is 0 Å². The zero-order chi connectivity index (χ0) is 21.8. The van der Waals surface area contributed by atoms with E-state index in [-0.39, 0.29) is 24.5 Å². The standard InChI is InChI=1S/C23H22N4O3S/c1-14(16-6-5-7-17(12-16)26-15(2)28)25-23(29)24-13-18-10-11-20(30-18)22-27-19-8-3-4-9-21(19)31-22/h3-12,14H,13H2,1-2H3,(H,26,28)(H2,24,25,29)/t14-/m0/s1. The Balaban J connectivity index is 1.33. The van der Waals surface area contributed by atoms with Crippen LogP contribution in [0.15, 0.2) is 65.1 Å². The number of furan rings is 1. The Morgan fingerprint density at radius 3 is 2.74 bits per heavy atom. The normalized spacial score (nSPS) is 11.8. The Morgan fingerprint density at radius 2 is 1.94 bits per heavy atom. The molecule has 0 unspecified atom stereocenters. The van der Waals surface area contributed by atoms with E-state index in [1.807, 2.05) is 61.5 Å². The van der Waals surface area contributed by atoms with Gasteiger partial charge in [0.1, 0.15) is 5.76 Å². The van der Waals surface area contributed by atoms with Crippen LogP contribution in [0.4, 0.5) is 10.5 Å². The number of nitrogens with zero attached hydrogens (tertiary/aromatic N) is 1. The molecule has 8 heteroatoms. The van der Waals surface area contributed by atoms with Crippen molar-refractivity contribution >= 4 is 39.2 Å². The first-order chi connectivity index (χ1) is 15.0. The highest BCUT2D eigenvalue weighted by Crippen LogP contribution is 2.31. The molecule has 0 aliphatic rings. The van der Waals surface area contributed by atoms with Gasteiger partial charge in [-0.2, -0.15) is 0 Å². The van der Waals surface area contributed by atoms with Gasteiger partial charge in [-0.1, -0.05) is 24.3 Å². The van der Waals surface area contributed by atoms with Gasteiger partial charge in [0.2, 0.25) is 5.91 Å². The molecule has 1 atom stereocenters. The maximum atomic E-state index is 12.3. The third-order valence-corrected chi connectivity index (χ3v) is 5.70. The van der Waals surface area contributed by atoms with Crippen LogP contribution in [0.25, 0.3) is 21.0 Å². The summed E-state index contributed by atoms with van der Waals surface area (Å²) in [5.41, 5.74) is 2.52. The first-order valence-electron chi connectivity index (χ1n) is 9.84. The van der Waals surface area contributed by atoms with E-state index in [2.05, 4.69) is 20.9 Å². The van der Waals surface area contributed by atoms with Gasteiger partial charge >= 0.3 is 6.03 Å². The third kappa shape index (κ3) is 5.10. The largest absolute Gasteiger partial charge is 0.457 e. The van der Waals surface area contributed by atoms with Gasteiger partial charge < -0.3 is 20.4 Å². The minimum atomic E-state index is -0.310. The second kappa shape index (κ2) is 9.01. The summed E-state index contributed by atoms with van der Waals surface area (Å²) in [6.45, 7) is 3.60. The number of fused-ring (bicyclic) bond motifs is 1. The summed E-state index contributed by atoms with van der Waals surface area (Å²) in [4.78, 5) is 28.1. The van der Waals surface area contributed by atoms with Crippen LogP contribution in [0.2, 0.25) is 0 Å². The Labute approximate surface area is 183 Å². The smallest absolute Gasteiger partial charge is 0.315 e.